The molecule has 1 fully saturated rings. The molecule has 0 unspecified atom stereocenters. The topological polar surface area (TPSA) is 75.9 Å². The van der Waals surface area contributed by atoms with Gasteiger partial charge >= 0.3 is 0 Å². The van der Waals surface area contributed by atoms with Gasteiger partial charge in [0.1, 0.15) is 5.75 Å². The molecule has 2 amide bonds. The van der Waals surface area contributed by atoms with Gasteiger partial charge in [-0.1, -0.05) is 0 Å². The second-order valence-corrected chi connectivity index (χ2v) is 5.11. The lowest BCUT2D eigenvalue weighted by Crippen LogP contribution is -2.36. The van der Waals surface area contributed by atoms with E-state index in [1.54, 1.807) is 34.9 Å². The van der Waals surface area contributed by atoms with Crippen molar-refractivity contribution in [3.63, 3.8) is 0 Å². The molecule has 0 bridgehead atoms. The number of hydrogen-bond acceptors (Lipinski definition) is 4. The molecule has 2 N–H and O–H groups in total. The highest BCUT2D eigenvalue weighted by Gasteiger charge is 2.21. The van der Waals surface area contributed by atoms with Crippen molar-refractivity contribution in [3.05, 3.63) is 23.8 Å². The summed E-state index contributed by atoms with van der Waals surface area (Å²) in [5.74, 6) is 0.498. The van der Waals surface area contributed by atoms with Crippen molar-refractivity contribution in [2.75, 3.05) is 39.0 Å². The van der Waals surface area contributed by atoms with E-state index in [1.807, 2.05) is 0 Å². The van der Waals surface area contributed by atoms with Crippen molar-refractivity contribution in [1.29, 1.82) is 0 Å². The molecular formula is C15H21N3O3. The number of methoxy groups -OCH3 is 1. The van der Waals surface area contributed by atoms with Crippen molar-refractivity contribution < 1.29 is 14.3 Å². The molecular weight excluding hydrogens is 270 g/mol. The Morgan fingerprint density at radius 1 is 1.14 bits per heavy atom. The summed E-state index contributed by atoms with van der Waals surface area (Å²) in [7, 11) is 1.52. The van der Waals surface area contributed by atoms with Crippen LogP contribution in [-0.2, 0) is 4.79 Å². The van der Waals surface area contributed by atoms with Crippen LogP contribution in [0.25, 0.3) is 0 Å². The third-order valence-electron chi connectivity index (χ3n) is 3.71. The van der Waals surface area contributed by atoms with E-state index in [0.717, 1.165) is 6.42 Å². The predicted molar refractivity (Wildman–Crippen MR) is 80.2 cm³/mol. The molecule has 1 saturated heterocycles. The first-order chi connectivity index (χ1) is 10.0. The summed E-state index contributed by atoms with van der Waals surface area (Å²) >= 11 is 0. The summed E-state index contributed by atoms with van der Waals surface area (Å²) in [6.45, 7) is 4.03. The van der Waals surface area contributed by atoms with Gasteiger partial charge in [0.15, 0.2) is 0 Å². The minimum absolute atomic E-state index is 0.0541. The van der Waals surface area contributed by atoms with Crippen LogP contribution < -0.4 is 10.5 Å². The second kappa shape index (κ2) is 6.47. The van der Waals surface area contributed by atoms with E-state index < -0.39 is 0 Å². The summed E-state index contributed by atoms with van der Waals surface area (Å²) in [6, 6.07) is 5.03. The van der Waals surface area contributed by atoms with Crippen LogP contribution in [0.5, 0.6) is 5.75 Å². The first kappa shape index (κ1) is 15.2. The van der Waals surface area contributed by atoms with Crippen LogP contribution in [0.1, 0.15) is 23.7 Å². The Hall–Kier alpha value is -2.24. The Morgan fingerprint density at radius 2 is 1.81 bits per heavy atom. The van der Waals surface area contributed by atoms with Gasteiger partial charge in [-0.25, -0.2) is 0 Å². The van der Waals surface area contributed by atoms with Crippen molar-refractivity contribution in [1.82, 2.24) is 9.80 Å². The van der Waals surface area contributed by atoms with Crippen molar-refractivity contribution in [3.8, 4) is 5.75 Å². The van der Waals surface area contributed by atoms with Gasteiger partial charge in [-0.05, 0) is 24.6 Å². The summed E-state index contributed by atoms with van der Waals surface area (Å²) in [5.41, 5.74) is 6.82. The van der Waals surface area contributed by atoms with Gasteiger partial charge in [0.05, 0.1) is 12.8 Å². The molecule has 114 valence electrons. The van der Waals surface area contributed by atoms with Gasteiger partial charge in [-0.15, -0.1) is 0 Å². The maximum Gasteiger partial charge on any atom is 0.254 e. The number of carbonyl (C=O) groups is 2. The molecule has 1 heterocycles. The van der Waals surface area contributed by atoms with Crippen LogP contribution >= 0.6 is 0 Å². The lowest BCUT2D eigenvalue weighted by molar-refractivity contribution is -0.128. The van der Waals surface area contributed by atoms with Gasteiger partial charge in [-0.2, -0.15) is 0 Å². The molecule has 21 heavy (non-hydrogen) atoms. The summed E-state index contributed by atoms with van der Waals surface area (Å²) in [4.78, 5) is 27.5. The number of benzene rings is 1. The first-order valence-corrected chi connectivity index (χ1v) is 7.01. The monoisotopic (exact) mass is 291 g/mol. The largest absolute Gasteiger partial charge is 0.495 e. The average molecular weight is 291 g/mol. The molecule has 0 aromatic heterocycles. The maximum absolute atomic E-state index is 12.5. The van der Waals surface area contributed by atoms with Crippen LogP contribution in [0.15, 0.2) is 18.2 Å². The lowest BCUT2D eigenvalue weighted by Gasteiger charge is -2.21. The van der Waals surface area contributed by atoms with Crippen LogP contribution in [0.2, 0.25) is 0 Å². The van der Waals surface area contributed by atoms with Crippen molar-refractivity contribution in [2.45, 2.75) is 13.3 Å². The zero-order valence-electron chi connectivity index (χ0n) is 12.5. The molecule has 6 heteroatoms. The molecule has 0 atom stereocenters. The van der Waals surface area contributed by atoms with Gasteiger partial charge in [0, 0.05) is 38.7 Å². The number of carbonyl (C=O) groups excluding carboxylic acids is 2. The first-order valence-electron chi connectivity index (χ1n) is 7.01. The average Bonchev–Trinajstić information content (AvgIpc) is 2.73. The fourth-order valence-electron chi connectivity index (χ4n) is 2.46. The predicted octanol–water partition coefficient (Wildman–Crippen LogP) is 0.972. The van der Waals surface area contributed by atoms with Crippen molar-refractivity contribution >= 4 is 17.5 Å². The molecule has 0 aliphatic carbocycles. The van der Waals surface area contributed by atoms with Gasteiger partial charge in [-0.3, -0.25) is 9.59 Å². The number of amides is 2. The number of anilines is 1. The molecule has 0 radical (unpaired) electrons. The minimum atomic E-state index is -0.0568. The zero-order valence-corrected chi connectivity index (χ0v) is 12.5. The number of nitrogen functional groups attached to an aromatic ring is 1. The van der Waals surface area contributed by atoms with Crippen LogP contribution in [-0.4, -0.2) is 54.9 Å². The number of nitrogens with zero attached hydrogens (tertiary/aromatic N) is 2. The Morgan fingerprint density at radius 3 is 2.48 bits per heavy atom. The molecule has 1 aliphatic heterocycles. The number of rotatable bonds is 2. The molecule has 0 spiro atoms. The highest BCUT2D eigenvalue weighted by molar-refractivity contribution is 5.95. The maximum atomic E-state index is 12.5. The quantitative estimate of drug-likeness (QED) is 0.824. The van der Waals surface area contributed by atoms with E-state index in [1.165, 1.54) is 7.11 Å². The smallest absolute Gasteiger partial charge is 0.254 e. The zero-order chi connectivity index (χ0) is 15.4. The number of nitrogens with two attached hydrogens (primary N) is 1. The summed E-state index contributed by atoms with van der Waals surface area (Å²) in [6.07, 6.45) is 0.789. The molecule has 1 aromatic carbocycles. The van der Waals surface area contributed by atoms with Gasteiger partial charge < -0.3 is 20.3 Å². The highest BCUT2D eigenvalue weighted by Crippen LogP contribution is 2.23. The lowest BCUT2D eigenvalue weighted by atomic mass is 10.1. The number of hydrogen-bond donors (Lipinski definition) is 1. The van der Waals surface area contributed by atoms with E-state index in [-0.39, 0.29) is 11.8 Å². The van der Waals surface area contributed by atoms with E-state index in [4.69, 9.17) is 10.5 Å². The molecule has 1 aromatic rings. The third-order valence-corrected chi connectivity index (χ3v) is 3.71. The van der Waals surface area contributed by atoms with Crippen LogP contribution in [0, 0.1) is 0 Å². The Bertz CT molecular complexity index is 545. The summed E-state index contributed by atoms with van der Waals surface area (Å²) in [5, 5.41) is 0. The van der Waals surface area contributed by atoms with E-state index in [2.05, 4.69) is 0 Å². The fourth-order valence-corrected chi connectivity index (χ4v) is 2.46. The molecule has 2 rings (SSSR count). The fraction of sp³-hybridized carbons (Fsp3) is 0.467. The standard InChI is InChI=1S/C15H21N3O3/c1-11(19)17-6-3-7-18(9-8-17)15(20)12-4-5-13(16)14(10-12)21-2/h4-5,10H,3,6-9,16H2,1-2H3. The van der Waals surface area contributed by atoms with E-state index in [0.29, 0.717) is 43.2 Å². The van der Waals surface area contributed by atoms with Crippen LogP contribution in [0.4, 0.5) is 5.69 Å². The summed E-state index contributed by atoms with van der Waals surface area (Å²) < 4.78 is 5.15. The number of ether oxygens (including phenoxy) is 1. The van der Waals surface area contributed by atoms with Crippen LogP contribution in [0.3, 0.4) is 0 Å². The van der Waals surface area contributed by atoms with Gasteiger partial charge in [0.25, 0.3) is 5.91 Å². The normalized spacial score (nSPS) is 15.5. The SMILES string of the molecule is COc1cc(C(=O)N2CCCN(C(C)=O)CC2)ccc1N. The van der Waals surface area contributed by atoms with E-state index in [9.17, 15) is 9.59 Å². The third kappa shape index (κ3) is 3.45. The molecule has 0 saturated carbocycles. The molecule has 6 nitrogen and oxygen atoms in total. The second-order valence-electron chi connectivity index (χ2n) is 5.11. The minimum Gasteiger partial charge on any atom is -0.495 e. The Kier molecular flexibility index (Phi) is 4.67. The van der Waals surface area contributed by atoms with E-state index >= 15 is 0 Å². The Balaban J connectivity index is 2.11. The molecule has 1 aliphatic rings. The van der Waals surface area contributed by atoms with Gasteiger partial charge in [0.2, 0.25) is 5.91 Å². The van der Waals surface area contributed by atoms with Crippen molar-refractivity contribution in [2.24, 2.45) is 0 Å². The Labute approximate surface area is 124 Å². The highest BCUT2D eigenvalue weighted by atomic mass is 16.5.